The van der Waals surface area contributed by atoms with Crippen LogP contribution in [0.15, 0.2) is 41.6 Å². The van der Waals surface area contributed by atoms with Gasteiger partial charge in [0.05, 0.1) is 15.6 Å². The maximum absolute atomic E-state index is 6.24. The van der Waals surface area contributed by atoms with Crippen LogP contribution < -0.4 is 0 Å². The Balaban J connectivity index is 2.27. The van der Waals surface area contributed by atoms with Crippen LogP contribution in [0, 0.1) is 0 Å². The van der Waals surface area contributed by atoms with Gasteiger partial charge < -0.3 is 4.42 Å². The number of benzene rings is 1. The lowest BCUT2D eigenvalue weighted by Gasteiger charge is -2.00. The van der Waals surface area contributed by atoms with Crippen molar-refractivity contribution in [3.05, 3.63) is 52.8 Å². The second-order valence-electron chi connectivity index (χ2n) is 3.90. The summed E-state index contributed by atoms with van der Waals surface area (Å²) in [4.78, 5) is 8.40. The summed E-state index contributed by atoms with van der Waals surface area (Å²) in [5.41, 5.74) is 2.54. The molecular weight excluding hydrogens is 283 g/mol. The molecule has 0 amide bonds. The lowest BCUT2D eigenvalue weighted by molar-refractivity contribution is 0.619. The summed E-state index contributed by atoms with van der Waals surface area (Å²) in [6.45, 7) is 3.68. The average molecular weight is 291 g/mol. The van der Waals surface area contributed by atoms with Crippen molar-refractivity contribution < 1.29 is 4.42 Å². The molecule has 0 aliphatic heterocycles. The lowest BCUT2D eigenvalue weighted by Crippen LogP contribution is -1.79. The Morgan fingerprint density at radius 3 is 2.84 bits per heavy atom. The fourth-order valence-corrected chi connectivity index (χ4v) is 2.45. The number of oxazole rings is 1. The maximum atomic E-state index is 6.24. The van der Waals surface area contributed by atoms with Gasteiger partial charge in [-0.2, -0.15) is 0 Å². The molecule has 3 rings (SSSR count). The number of nitrogens with zero attached hydrogens (tertiary/aromatic N) is 2. The number of pyridine rings is 1. The van der Waals surface area contributed by atoms with E-state index in [1.54, 1.807) is 24.5 Å². The summed E-state index contributed by atoms with van der Waals surface area (Å²) in [6.07, 6.45) is 4.96. The smallest absolute Gasteiger partial charge is 0.228 e. The average Bonchev–Trinajstić information content (AvgIpc) is 2.84. The molecule has 3 aromatic rings. The van der Waals surface area contributed by atoms with Crippen molar-refractivity contribution in [3.63, 3.8) is 0 Å². The summed E-state index contributed by atoms with van der Waals surface area (Å²) in [6, 6.07) is 5.39. The van der Waals surface area contributed by atoms with E-state index >= 15 is 0 Å². The summed E-state index contributed by atoms with van der Waals surface area (Å²) < 4.78 is 5.69. The zero-order valence-corrected chi connectivity index (χ0v) is 11.2. The third-order valence-electron chi connectivity index (χ3n) is 2.72. The minimum absolute atomic E-state index is 0.417. The molecule has 0 N–H and O–H groups in total. The van der Waals surface area contributed by atoms with Crippen LogP contribution in [0.5, 0.6) is 0 Å². The third-order valence-corrected chi connectivity index (χ3v) is 3.41. The topological polar surface area (TPSA) is 38.9 Å². The molecule has 0 aliphatic rings. The molecule has 0 unspecified atom stereocenters. The van der Waals surface area contributed by atoms with E-state index in [1.165, 1.54) is 0 Å². The highest BCUT2D eigenvalue weighted by Crippen LogP contribution is 2.36. The second-order valence-corrected chi connectivity index (χ2v) is 4.68. The van der Waals surface area contributed by atoms with Crippen LogP contribution in [0.2, 0.25) is 10.0 Å². The predicted octanol–water partition coefficient (Wildman–Crippen LogP) is 4.84. The van der Waals surface area contributed by atoms with Gasteiger partial charge in [-0.3, -0.25) is 4.98 Å². The minimum Gasteiger partial charge on any atom is -0.434 e. The van der Waals surface area contributed by atoms with E-state index in [9.17, 15) is 0 Å². The lowest BCUT2D eigenvalue weighted by atomic mass is 10.2. The van der Waals surface area contributed by atoms with Crippen molar-refractivity contribution in [2.45, 2.75) is 0 Å². The summed E-state index contributed by atoms with van der Waals surface area (Å²) in [7, 11) is 0. The molecule has 0 aliphatic carbocycles. The van der Waals surface area contributed by atoms with Crippen LogP contribution in [0.1, 0.15) is 5.56 Å². The molecular formula is C14H8Cl2N2O. The molecule has 94 valence electrons. The normalized spacial score (nSPS) is 10.8. The molecule has 3 nitrogen and oxygen atoms in total. The number of halogens is 2. The number of aromatic nitrogens is 2. The highest BCUT2D eigenvalue weighted by molar-refractivity contribution is 6.40. The van der Waals surface area contributed by atoms with Gasteiger partial charge >= 0.3 is 0 Å². The van der Waals surface area contributed by atoms with Gasteiger partial charge in [0.25, 0.3) is 0 Å². The molecule has 5 heteroatoms. The van der Waals surface area contributed by atoms with Gasteiger partial charge in [-0.15, -0.1) is 0 Å². The third kappa shape index (κ3) is 2.01. The zero-order valence-electron chi connectivity index (χ0n) is 9.73. The van der Waals surface area contributed by atoms with Gasteiger partial charge in [0.1, 0.15) is 5.52 Å². The molecule has 19 heavy (non-hydrogen) atoms. The van der Waals surface area contributed by atoms with Crippen LogP contribution in [0.3, 0.4) is 0 Å². The van der Waals surface area contributed by atoms with Gasteiger partial charge in [-0.25, -0.2) is 4.98 Å². The van der Waals surface area contributed by atoms with Crippen LogP contribution in [-0.4, -0.2) is 9.97 Å². The zero-order chi connectivity index (χ0) is 13.4. The maximum Gasteiger partial charge on any atom is 0.228 e. The fourth-order valence-electron chi connectivity index (χ4n) is 1.81. The van der Waals surface area contributed by atoms with E-state index in [4.69, 9.17) is 27.6 Å². The fraction of sp³-hybridized carbons (Fsp3) is 0. The van der Waals surface area contributed by atoms with E-state index in [0.717, 1.165) is 5.56 Å². The highest BCUT2D eigenvalue weighted by Gasteiger charge is 2.15. The predicted molar refractivity (Wildman–Crippen MR) is 77.4 cm³/mol. The standard InChI is InChI=1S/C14H8Cl2N2O/c1-2-9-10(15)6-11-13(12(9)16)19-14(18-11)8-4-3-5-17-7-8/h2-7H,1H2. The minimum atomic E-state index is 0.417. The van der Waals surface area contributed by atoms with Crippen molar-refractivity contribution in [3.8, 4) is 11.5 Å². The molecule has 0 saturated heterocycles. The van der Waals surface area contributed by atoms with Crippen molar-refractivity contribution in [2.75, 3.05) is 0 Å². The van der Waals surface area contributed by atoms with Crippen molar-refractivity contribution in [1.82, 2.24) is 9.97 Å². The number of hydrogen-bond donors (Lipinski definition) is 0. The first-order valence-corrected chi connectivity index (χ1v) is 6.27. The van der Waals surface area contributed by atoms with Crippen molar-refractivity contribution >= 4 is 40.4 Å². The summed E-state index contributed by atoms with van der Waals surface area (Å²) in [5, 5.41) is 0.915. The van der Waals surface area contributed by atoms with E-state index in [-0.39, 0.29) is 0 Å². The second kappa shape index (κ2) is 4.68. The first-order chi connectivity index (χ1) is 9.20. The SMILES string of the molecule is C=Cc1c(Cl)cc2nc(-c3cccnc3)oc2c1Cl. The van der Waals surface area contributed by atoms with Crippen LogP contribution in [0.25, 0.3) is 28.6 Å². The first-order valence-electron chi connectivity index (χ1n) is 5.52. The van der Waals surface area contributed by atoms with Crippen LogP contribution in [-0.2, 0) is 0 Å². The number of hydrogen-bond acceptors (Lipinski definition) is 3. The molecule has 2 aromatic heterocycles. The summed E-state index contributed by atoms with van der Waals surface area (Å²) >= 11 is 12.4. The van der Waals surface area contributed by atoms with E-state index < -0.39 is 0 Å². The molecule has 1 aromatic carbocycles. The molecule has 0 atom stereocenters. The largest absolute Gasteiger partial charge is 0.434 e. The van der Waals surface area contributed by atoms with Crippen LogP contribution >= 0.6 is 23.2 Å². The first kappa shape index (κ1) is 12.2. The number of fused-ring (bicyclic) bond motifs is 1. The Labute approximate surface area is 119 Å². The summed E-state index contributed by atoms with van der Waals surface area (Å²) in [5.74, 6) is 0.460. The highest BCUT2D eigenvalue weighted by atomic mass is 35.5. The van der Waals surface area contributed by atoms with E-state index in [0.29, 0.717) is 32.6 Å². The monoisotopic (exact) mass is 290 g/mol. The van der Waals surface area contributed by atoms with Crippen LogP contribution in [0.4, 0.5) is 0 Å². The molecule has 0 spiro atoms. The van der Waals surface area contributed by atoms with Gasteiger partial charge in [0.15, 0.2) is 5.58 Å². The molecule has 0 saturated carbocycles. The molecule has 0 radical (unpaired) electrons. The quantitative estimate of drug-likeness (QED) is 0.678. The molecule has 0 fully saturated rings. The van der Waals surface area contributed by atoms with Gasteiger partial charge in [-0.1, -0.05) is 35.9 Å². The Morgan fingerprint density at radius 1 is 1.32 bits per heavy atom. The van der Waals surface area contributed by atoms with Gasteiger partial charge in [-0.05, 0) is 18.2 Å². The van der Waals surface area contributed by atoms with Crippen molar-refractivity contribution in [1.29, 1.82) is 0 Å². The number of rotatable bonds is 2. The van der Waals surface area contributed by atoms with Gasteiger partial charge in [0, 0.05) is 18.0 Å². The Bertz CT molecular complexity index is 766. The van der Waals surface area contributed by atoms with E-state index in [1.807, 2.05) is 12.1 Å². The van der Waals surface area contributed by atoms with E-state index in [2.05, 4.69) is 16.5 Å². The van der Waals surface area contributed by atoms with Gasteiger partial charge in [0.2, 0.25) is 5.89 Å². The molecule has 0 bridgehead atoms. The Kier molecular flexibility index (Phi) is 3.01. The Morgan fingerprint density at radius 2 is 2.16 bits per heavy atom. The Hall–Kier alpha value is -1.84. The molecule has 2 heterocycles. The van der Waals surface area contributed by atoms with Crippen molar-refractivity contribution in [2.24, 2.45) is 0 Å².